The Hall–Kier alpha value is -1.63. The van der Waals surface area contributed by atoms with Gasteiger partial charge in [-0.2, -0.15) is 13.2 Å². The number of hydrogen-bond acceptors (Lipinski definition) is 4. The zero-order valence-corrected chi connectivity index (χ0v) is 19.4. The molecule has 29 heavy (non-hydrogen) atoms. The smallest absolute Gasteiger partial charge is 0.356 e. The first-order valence-electron chi connectivity index (χ1n) is 8.94. The number of halogens is 4. The fourth-order valence-electron chi connectivity index (χ4n) is 2.58. The second kappa shape index (κ2) is 12.2. The van der Waals surface area contributed by atoms with Gasteiger partial charge in [0.05, 0.1) is 5.01 Å². The minimum Gasteiger partial charge on any atom is -0.356 e. The van der Waals surface area contributed by atoms with E-state index in [0.717, 1.165) is 35.3 Å². The van der Waals surface area contributed by atoms with Gasteiger partial charge in [0.25, 0.3) is 5.56 Å². The van der Waals surface area contributed by atoms with Gasteiger partial charge in [0.1, 0.15) is 0 Å². The minimum absolute atomic E-state index is 0. The van der Waals surface area contributed by atoms with Gasteiger partial charge in [-0.1, -0.05) is 6.07 Å². The number of nitrogens with zero attached hydrogens (tertiary/aromatic N) is 3. The first kappa shape index (κ1) is 25.4. The molecule has 0 aliphatic heterocycles. The van der Waals surface area contributed by atoms with Crippen molar-refractivity contribution in [3.8, 4) is 0 Å². The first-order chi connectivity index (χ1) is 13.3. The number of aromatic nitrogens is 2. The molecule has 0 saturated heterocycles. The lowest BCUT2D eigenvalue weighted by Crippen LogP contribution is -2.38. The second-order valence-corrected chi connectivity index (χ2v) is 7.11. The highest BCUT2D eigenvalue weighted by molar-refractivity contribution is 14.0. The molecule has 2 rings (SSSR count). The van der Waals surface area contributed by atoms with Crippen molar-refractivity contribution in [2.45, 2.75) is 38.9 Å². The summed E-state index contributed by atoms with van der Waals surface area (Å²) in [6, 6.07) is 5.21. The van der Waals surface area contributed by atoms with Gasteiger partial charge in [-0.3, -0.25) is 9.79 Å². The predicted molar refractivity (Wildman–Crippen MR) is 120 cm³/mol. The first-order valence-corrected chi connectivity index (χ1v) is 9.82. The van der Waals surface area contributed by atoms with Crippen molar-refractivity contribution in [1.82, 2.24) is 20.2 Å². The van der Waals surface area contributed by atoms with E-state index >= 15 is 0 Å². The van der Waals surface area contributed by atoms with Crippen molar-refractivity contribution in [2.75, 3.05) is 20.1 Å². The summed E-state index contributed by atoms with van der Waals surface area (Å²) in [6.45, 7) is 3.68. The molecular weight excluding hydrogens is 518 g/mol. The van der Waals surface area contributed by atoms with E-state index < -0.39 is 11.9 Å². The minimum atomic E-state index is -4.40. The number of hydrogen-bond donors (Lipinski definition) is 2. The molecule has 0 aliphatic rings. The van der Waals surface area contributed by atoms with Gasteiger partial charge in [0.2, 0.25) is 0 Å². The number of guanidine groups is 1. The van der Waals surface area contributed by atoms with Crippen molar-refractivity contribution in [1.29, 1.82) is 0 Å². The SMILES string of the molecule is CN=C(NCCCCn1c(C)cccc1=O)NCCc1nc(C(F)(F)F)cs1.I. The van der Waals surface area contributed by atoms with Crippen LogP contribution in [0.25, 0.3) is 0 Å². The third kappa shape index (κ3) is 8.33. The fourth-order valence-corrected chi connectivity index (χ4v) is 3.38. The maximum absolute atomic E-state index is 12.5. The molecule has 0 aliphatic carbocycles. The number of unbranched alkanes of at least 4 members (excludes halogenated alkanes) is 1. The molecule has 0 aromatic carbocycles. The normalized spacial score (nSPS) is 11.8. The van der Waals surface area contributed by atoms with Gasteiger partial charge in [-0.05, 0) is 25.8 Å². The number of aryl methyl sites for hydroxylation is 1. The van der Waals surface area contributed by atoms with Crippen molar-refractivity contribution in [3.05, 3.63) is 50.3 Å². The van der Waals surface area contributed by atoms with Crippen LogP contribution in [0, 0.1) is 6.92 Å². The van der Waals surface area contributed by atoms with Crippen molar-refractivity contribution < 1.29 is 13.2 Å². The van der Waals surface area contributed by atoms with Gasteiger partial charge >= 0.3 is 6.18 Å². The molecule has 0 unspecified atom stereocenters. The van der Waals surface area contributed by atoms with Crippen LogP contribution in [-0.4, -0.2) is 35.6 Å². The monoisotopic (exact) mass is 543 g/mol. The van der Waals surface area contributed by atoms with Gasteiger partial charge in [0, 0.05) is 50.2 Å². The summed E-state index contributed by atoms with van der Waals surface area (Å²) in [5, 5.41) is 7.68. The Balaban J connectivity index is 0.00000420. The van der Waals surface area contributed by atoms with Crippen LogP contribution in [0.3, 0.4) is 0 Å². The zero-order chi connectivity index (χ0) is 20.6. The lowest BCUT2D eigenvalue weighted by atomic mass is 10.3. The maximum atomic E-state index is 12.5. The van der Waals surface area contributed by atoms with E-state index in [1.807, 2.05) is 13.0 Å². The lowest BCUT2D eigenvalue weighted by molar-refractivity contribution is -0.140. The highest BCUT2D eigenvalue weighted by Gasteiger charge is 2.33. The molecule has 11 heteroatoms. The van der Waals surface area contributed by atoms with Crippen LogP contribution in [0.5, 0.6) is 0 Å². The van der Waals surface area contributed by atoms with E-state index in [1.165, 1.54) is 0 Å². The average Bonchev–Trinajstić information content (AvgIpc) is 3.11. The van der Waals surface area contributed by atoms with Crippen molar-refractivity contribution in [2.24, 2.45) is 4.99 Å². The summed E-state index contributed by atoms with van der Waals surface area (Å²) in [7, 11) is 1.63. The number of aliphatic imine (C=N–C) groups is 1. The Bertz CT molecular complexity index is 851. The Morgan fingerprint density at radius 2 is 1.97 bits per heavy atom. The van der Waals surface area contributed by atoms with Crippen LogP contribution in [-0.2, 0) is 19.1 Å². The summed E-state index contributed by atoms with van der Waals surface area (Å²) in [4.78, 5) is 19.5. The van der Waals surface area contributed by atoms with Crippen molar-refractivity contribution >= 4 is 41.3 Å². The van der Waals surface area contributed by atoms with Crippen molar-refractivity contribution in [3.63, 3.8) is 0 Å². The summed E-state index contributed by atoms with van der Waals surface area (Å²) in [5.41, 5.74) is 0.0953. The molecule has 0 bridgehead atoms. The highest BCUT2D eigenvalue weighted by Crippen LogP contribution is 2.29. The highest BCUT2D eigenvalue weighted by atomic mass is 127. The van der Waals surface area contributed by atoms with Crippen LogP contribution >= 0.6 is 35.3 Å². The number of thiazole rings is 1. The number of pyridine rings is 1. The average molecular weight is 543 g/mol. The summed E-state index contributed by atoms with van der Waals surface area (Å²) in [5.74, 6) is 0.584. The Labute approximate surface area is 188 Å². The summed E-state index contributed by atoms with van der Waals surface area (Å²) >= 11 is 1.00. The summed E-state index contributed by atoms with van der Waals surface area (Å²) < 4.78 is 39.4. The van der Waals surface area contributed by atoms with E-state index in [4.69, 9.17) is 0 Å². The van der Waals surface area contributed by atoms with Crippen LogP contribution < -0.4 is 16.2 Å². The molecule has 2 aromatic rings. The van der Waals surface area contributed by atoms with Gasteiger partial charge < -0.3 is 15.2 Å². The molecule has 2 aromatic heterocycles. The molecule has 6 nitrogen and oxygen atoms in total. The fraction of sp³-hybridized carbons (Fsp3) is 0.500. The number of nitrogens with one attached hydrogen (secondary N) is 2. The zero-order valence-electron chi connectivity index (χ0n) is 16.3. The molecule has 0 saturated carbocycles. The molecule has 2 heterocycles. The topological polar surface area (TPSA) is 71.3 Å². The lowest BCUT2D eigenvalue weighted by Gasteiger charge is -2.12. The molecule has 2 N–H and O–H groups in total. The van der Waals surface area contributed by atoms with E-state index in [1.54, 1.807) is 23.7 Å². The molecule has 0 fully saturated rings. The van der Waals surface area contributed by atoms with E-state index in [-0.39, 0.29) is 29.5 Å². The van der Waals surface area contributed by atoms with Gasteiger partial charge in [-0.25, -0.2) is 4.98 Å². The largest absolute Gasteiger partial charge is 0.434 e. The third-order valence-corrected chi connectivity index (χ3v) is 4.97. The molecule has 0 radical (unpaired) electrons. The van der Waals surface area contributed by atoms with Crippen LogP contribution in [0.1, 0.15) is 29.2 Å². The Kier molecular flexibility index (Phi) is 10.6. The van der Waals surface area contributed by atoms with Gasteiger partial charge in [0.15, 0.2) is 11.7 Å². The quantitative estimate of drug-likeness (QED) is 0.232. The number of rotatable bonds is 8. The van der Waals surface area contributed by atoms with E-state index in [0.29, 0.717) is 37.0 Å². The molecule has 162 valence electrons. The van der Waals surface area contributed by atoms with E-state index in [2.05, 4.69) is 20.6 Å². The number of alkyl halides is 3. The standard InChI is InChI=1S/C18H24F3N5OS.HI/c1-13-6-5-7-16(27)26(13)11-4-3-9-23-17(22-2)24-10-8-15-25-14(12-28-15)18(19,20)21;/h5-7,12H,3-4,8-11H2,1-2H3,(H2,22,23,24);1H. The van der Waals surface area contributed by atoms with Crippen LogP contribution in [0.2, 0.25) is 0 Å². The maximum Gasteiger partial charge on any atom is 0.434 e. The third-order valence-electron chi connectivity index (χ3n) is 4.07. The molecule has 0 spiro atoms. The molecular formula is C18H25F3IN5OS. The predicted octanol–water partition coefficient (Wildman–Crippen LogP) is 3.44. The van der Waals surface area contributed by atoms with Crippen LogP contribution in [0.15, 0.2) is 33.4 Å². The van der Waals surface area contributed by atoms with E-state index in [9.17, 15) is 18.0 Å². The Morgan fingerprint density at radius 3 is 2.59 bits per heavy atom. The molecule has 0 atom stereocenters. The van der Waals surface area contributed by atoms with Crippen LogP contribution in [0.4, 0.5) is 13.2 Å². The second-order valence-electron chi connectivity index (χ2n) is 6.16. The molecule has 0 amide bonds. The summed E-state index contributed by atoms with van der Waals surface area (Å²) in [6.07, 6.45) is -2.32. The Morgan fingerprint density at radius 1 is 1.24 bits per heavy atom. The van der Waals surface area contributed by atoms with Gasteiger partial charge in [-0.15, -0.1) is 35.3 Å².